The van der Waals surface area contributed by atoms with Gasteiger partial charge in [-0.3, -0.25) is 4.79 Å². The van der Waals surface area contributed by atoms with Crippen LogP contribution < -0.4 is 4.74 Å². The molecule has 0 saturated carbocycles. The molecule has 0 bridgehead atoms. The van der Waals surface area contributed by atoms with Gasteiger partial charge in [0.1, 0.15) is 17.0 Å². The zero-order valence-corrected chi connectivity index (χ0v) is 19.5. The lowest BCUT2D eigenvalue weighted by molar-refractivity contribution is -0.126. The van der Waals surface area contributed by atoms with Crippen LogP contribution in [0.2, 0.25) is 0 Å². The van der Waals surface area contributed by atoms with Crippen molar-refractivity contribution in [3.63, 3.8) is 0 Å². The Bertz CT molecular complexity index is 1000. The molecule has 3 atom stereocenters. The number of likely N-dealkylation sites (tertiary alicyclic amines) is 1. The van der Waals surface area contributed by atoms with Gasteiger partial charge in [0.25, 0.3) is 6.47 Å². The number of carbonyl (C=O) groups is 2. The first-order valence-electron chi connectivity index (χ1n) is 10.7. The van der Waals surface area contributed by atoms with E-state index in [9.17, 15) is 9.90 Å². The molecule has 1 aromatic heterocycles. The van der Waals surface area contributed by atoms with Crippen LogP contribution in [0.4, 0.5) is 4.79 Å². The highest BCUT2D eigenvalue weighted by Crippen LogP contribution is 2.48. The minimum Gasteiger partial charge on any atom is -0.483 e. The fourth-order valence-electron chi connectivity index (χ4n) is 4.49. The molecule has 2 aromatic rings. The number of aryl methyl sites for hydroxylation is 1. The number of carbonyl (C=O) groups excluding carboxylic acids is 2. The van der Waals surface area contributed by atoms with Crippen LogP contribution in [0.25, 0.3) is 10.9 Å². The third-order valence-electron chi connectivity index (χ3n) is 5.65. The fourth-order valence-corrected chi connectivity index (χ4v) is 4.49. The number of amides is 1. The van der Waals surface area contributed by atoms with Crippen molar-refractivity contribution in [3.05, 3.63) is 35.5 Å². The van der Waals surface area contributed by atoms with Crippen LogP contribution in [0, 0.1) is 6.92 Å². The Morgan fingerprint density at radius 2 is 1.97 bits per heavy atom. The summed E-state index contributed by atoms with van der Waals surface area (Å²) in [6, 6.07) is 7.77. The Balaban J connectivity index is 0.000000668. The number of para-hydroxylation sites is 1. The lowest BCUT2D eigenvalue weighted by atomic mass is 9.85. The summed E-state index contributed by atoms with van der Waals surface area (Å²) in [4.78, 5) is 28.0. The molecular weight excluding hydrogens is 412 g/mol. The van der Waals surface area contributed by atoms with E-state index in [1.165, 1.54) is 7.11 Å². The SMILES string of the molecule is COC=O.Cc1nc2ccccc2c2c1OC1(CC2O)CC(C)N(C(=O)OC(C)(C)C)C1. The molecule has 2 aliphatic heterocycles. The second-order valence-corrected chi connectivity index (χ2v) is 9.46. The van der Waals surface area contributed by atoms with Gasteiger partial charge in [-0.15, -0.1) is 0 Å². The second kappa shape index (κ2) is 8.94. The van der Waals surface area contributed by atoms with Gasteiger partial charge >= 0.3 is 6.09 Å². The molecular formula is C24H32N2O6. The lowest BCUT2D eigenvalue weighted by Crippen LogP contribution is -2.46. The first kappa shape index (κ1) is 23.8. The molecule has 8 heteroatoms. The summed E-state index contributed by atoms with van der Waals surface area (Å²) in [6.45, 7) is 10.2. The molecule has 174 valence electrons. The Hall–Kier alpha value is -2.87. The van der Waals surface area contributed by atoms with Crippen molar-refractivity contribution in [1.29, 1.82) is 0 Å². The van der Waals surface area contributed by atoms with Crippen molar-refractivity contribution in [1.82, 2.24) is 9.88 Å². The van der Waals surface area contributed by atoms with Crippen LogP contribution in [0.15, 0.2) is 24.3 Å². The normalized spacial score (nSPS) is 24.3. The van der Waals surface area contributed by atoms with E-state index in [2.05, 4.69) is 9.72 Å². The van der Waals surface area contributed by atoms with Crippen molar-refractivity contribution in [3.8, 4) is 5.75 Å². The van der Waals surface area contributed by atoms with Gasteiger partial charge in [0.15, 0.2) is 0 Å². The summed E-state index contributed by atoms with van der Waals surface area (Å²) in [5.41, 5.74) is 1.24. The predicted octanol–water partition coefficient (Wildman–Crippen LogP) is 3.92. The summed E-state index contributed by atoms with van der Waals surface area (Å²) in [5, 5.41) is 12.0. The van der Waals surface area contributed by atoms with E-state index < -0.39 is 17.3 Å². The van der Waals surface area contributed by atoms with E-state index in [0.29, 0.717) is 31.6 Å². The number of rotatable bonds is 1. The molecule has 1 spiro atoms. The van der Waals surface area contributed by atoms with Crippen LogP contribution in [0.1, 0.15) is 57.9 Å². The van der Waals surface area contributed by atoms with Crippen LogP contribution in [0.5, 0.6) is 5.75 Å². The largest absolute Gasteiger partial charge is 0.483 e. The molecule has 3 heterocycles. The number of aromatic nitrogens is 1. The number of aliphatic hydroxyl groups excluding tert-OH is 1. The Morgan fingerprint density at radius 3 is 2.59 bits per heavy atom. The highest BCUT2D eigenvalue weighted by molar-refractivity contribution is 5.85. The van der Waals surface area contributed by atoms with Crippen molar-refractivity contribution in [2.24, 2.45) is 0 Å². The highest BCUT2D eigenvalue weighted by Gasteiger charge is 2.51. The molecule has 1 fully saturated rings. The second-order valence-electron chi connectivity index (χ2n) is 9.46. The maximum atomic E-state index is 12.6. The van der Waals surface area contributed by atoms with E-state index >= 15 is 0 Å². The quantitative estimate of drug-likeness (QED) is 0.666. The Morgan fingerprint density at radius 1 is 1.31 bits per heavy atom. The molecule has 1 amide bonds. The molecule has 3 unspecified atom stereocenters. The van der Waals surface area contributed by atoms with Gasteiger partial charge in [-0.2, -0.15) is 0 Å². The average molecular weight is 445 g/mol. The molecule has 0 aliphatic carbocycles. The maximum absolute atomic E-state index is 12.6. The number of methoxy groups -OCH3 is 1. The van der Waals surface area contributed by atoms with Crippen molar-refractivity contribution in [2.75, 3.05) is 13.7 Å². The first-order chi connectivity index (χ1) is 15.0. The Labute approximate surface area is 188 Å². The number of ether oxygens (including phenoxy) is 3. The molecule has 1 saturated heterocycles. The minimum absolute atomic E-state index is 0.0303. The third kappa shape index (κ3) is 4.80. The standard InChI is InChI=1S/C22H28N2O4.C2H4O2/c1-13-10-22(12-24(13)20(26)28-21(3,4)5)11-17(25)18-15-8-6-7-9-16(15)23-14(2)19(18)27-22;1-4-2-3/h6-9,13,17,25H,10-12H2,1-5H3;2H,1H3. The van der Waals surface area contributed by atoms with Crippen LogP contribution in [-0.4, -0.2) is 58.5 Å². The maximum Gasteiger partial charge on any atom is 0.410 e. The molecule has 8 nitrogen and oxygen atoms in total. The molecule has 2 aliphatic rings. The number of aliphatic hydroxyl groups is 1. The van der Waals surface area contributed by atoms with Crippen LogP contribution in [0.3, 0.4) is 0 Å². The van der Waals surface area contributed by atoms with Gasteiger partial charge in [-0.05, 0) is 40.7 Å². The number of nitrogens with zero attached hydrogens (tertiary/aromatic N) is 2. The van der Waals surface area contributed by atoms with Crippen molar-refractivity contribution < 1.29 is 28.9 Å². The van der Waals surface area contributed by atoms with Gasteiger partial charge < -0.3 is 24.2 Å². The summed E-state index contributed by atoms with van der Waals surface area (Å²) in [7, 11) is 1.31. The Kier molecular flexibility index (Phi) is 6.64. The summed E-state index contributed by atoms with van der Waals surface area (Å²) in [6.07, 6.45) is 0.0850. The highest BCUT2D eigenvalue weighted by atomic mass is 16.6. The monoisotopic (exact) mass is 444 g/mol. The summed E-state index contributed by atoms with van der Waals surface area (Å²) < 4.78 is 15.9. The van der Waals surface area contributed by atoms with Gasteiger partial charge in [0.05, 0.1) is 31.0 Å². The zero-order valence-electron chi connectivity index (χ0n) is 19.5. The van der Waals surface area contributed by atoms with Crippen LogP contribution >= 0.6 is 0 Å². The molecule has 1 N–H and O–H groups in total. The van der Waals surface area contributed by atoms with Crippen molar-refractivity contribution in [2.45, 2.75) is 70.8 Å². The summed E-state index contributed by atoms with van der Waals surface area (Å²) >= 11 is 0. The molecule has 4 rings (SSSR count). The minimum atomic E-state index is -0.666. The number of fused-ring (bicyclic) bond motifs is 3. The first-order valence-corrected chi connectivity index (χ1v) is 10.7. The van der Waals surface area contributed by atoms with E-state index in [1.54, 1.807) is 4.90 Å². The topological polar surface area (TPSA) is 98.2 Å². The van der Waals surface area contributed by atoms with E-state index in [4.69, 9.17) is 14.3 Å². The molecule has 32 heavy (non-hydrogen) atoms. The summed E-state index contributed by atoms with van der Waals surface area (Å²) in [5.74, 6) is 0.649. The van der Waals surface area contributed by atoms with E-state index in [1.807, 2.05) is 58.9 Å². The molecule has 1 aromatic carbocycles. The van der Waals surface area contributed by atoms with Crippen LogP contribution in [-0.2, 0) is 14.3 Å². The van der Waals surface area contributed by atoms with Gasteiger partial charge in [0, 0.05) is 29.8 Å². The lowest BCUT2D eigenvalue weighted by Gasteiger charge is -2.39. The number of pyridine rings is 1. The number of hydrogen-bond acceptors (Lipinski definition) is 7. The average Bonchev–Trinajstić information content (AvgIpc) is 3.02. The zero-order chi connectivity index (χ0) is 23.7. The third-order valence-corrected chi connectivity index (χ3v) is 5.65. The fraction of sp³-hybridized carbons (Fsp3) is 0.542. The van der Waals surface area contributed by atoms with E-state index in [0.717, 1.165) is 22.2 Å². The van der Waals surface area contributed by atoms with Gasteiger partial charge in [-0.25, -0.2) is 9.78 Å². The van der Waals surface area contributed by atoms with Gasteiger partial charge in [-0.1, -0.05) is 18.2 Å². The predicted molar refractivity (Wildman–Crippen MR) is 120 cm³/mol. The van der Waals surface area contributed by atoms with E-state index in [-0.39, 0.29) is 12.1 Å². The van der Waals surface area contributed by atoms with Crippen molar-refractivity contribution >= 4 is 23.5 Å². The number of benzene rings is 1. The smallest absolute Gasteiger partial charge is 0.410 e. The number of hydrogen-bond donors (Lipinski definition) is 1. The van der Waals surface area contributed by atoms with Gasteiger partial charge in [0.2, 0.25) is 0 Å². The molecule has 0 radical (unpaired) electrons.